The molecule has 17 heteroatoms. The Morgan fingerprint density at radius 2 is 1.10 bits per heavy atom. The number of hydrogen-bond donors (Lipinski definition) is 3. The Morgan fingerprint density at radius 1 is 0.690 bits per heavy atom. The number of rotatable bonds is 12. The zero-order valence-corrected chi connectivity index (χ0v) is 32.0. The third-order valence-corrected chi connectivity index (χ3v) is 4.48. The van der Waals surface area contributed by atoms with Crippen molar-refractivity contribution in [2.75, 3.05) is 52.4 Å². The van der Waals surface area contributed by atoms with E-state index in [2.05, 4.69) is 40.6 Å². The van der Waals surface area contributed by atoms with Crippen LogP contribution >= 0.6 is 49.7 Å². The van der Waals surface area contributed by atoms with Gasteiger partial charge in [0.2, 0.25) is 0 Å². The summed E-state index contributed by atoms with van der Waals surface area (Å²) in [6, 6.07) is 0. The van der Waals surface area contributed by atoms with E-state index >= 15 is 0 Å². The van der Waals surface area contributed by atoms with Gasteiger partial charge in [0, 0.05) is 45.8 Å². The fourth-order valence-electron chi connectivity index (χ4n) is 1.67. The van der Waals surface area contributed by atoms with Gasteiger partial charge in [-0.05, 0) is 0 Å². The SMILES string of the molecule is S=C(S)N(CCN=C([S-])[S-])CCN(CCNCCN=C([S-])[S-])C(=S)S.[Na+].[Na+].[Na+].[Na+]. The summed E-state index contributed by atoms with van der Waals surface area (Å²) in [5.74, 6) is 0. The molecule has 0 aromatic carbocycles. The molecule has 0 atom stereocenters. The Balaban J connectivity index is -0.000000480. The van der Waals surface area contributed by atoms with Gasteiger partial charge in [0.15, 0.2) is 0 Å². The molecule has 0 aromatic heterocycles. The van der Waals surface area contributed by atoms with Crippen molar-refractivity contribution < 1.29 is 118 Å². The monoisotopic (exact) mass is 581 g/mol. The van der Waals surface area contributed by atoms with Crippen molar-refractivity contribution in [3.8, 4) is 0 Å². The van der Waals surface area contributed by atoms with E-state index in [0.29, 0.717) is 54.5 Å². The van der Waals surface area contributed by atoms with Gasteiger partial charge in [-0.2, -0.15) is 0 Å². The first-order valence-corrected chi connectivity index (χ1v) is 10.5. The minimum absolute atomic E-state index is 0. The van der Waals surface area contributed by atoms with Crippen molar-refractivity contribution in [3.05, 3.63) is 0 Å². The third-order valence-electron chi connectivity index (χ3n) is 2.88. The molecule has 0 spiro atoms. The molecular formula is C12H19N5Na4S8. The summed E-state index contributed by atoms with van der Waals surface area (Å²) < 4.78 is 1.50. The number of thiocarbonyl (C=S) groups is 2. The molecule has 0 radical (unpaired) electrons. The van der Waals surface area contributed by atoms with Crippen LogP contribution in [0.4, 0.5) is 0 Å². The molecule has 29 heavy (non-hydrogen) atoms. The first kappa shape index (κ1) is 43.7. The molecule has 0 bridgehead atoms. The normalized spacial score (nSPS) is 8.62. The van der Waals surface area contributed by atoms with E-state index in [4.69, 9.17) is 75.0 Å². The van der Waals surface area contributed by atoms with Crippen molar-refractivity contribution in [2.24, 2.45) is 9.98 Å². The van der Waals surface area contributed by atoms with Crippen LogP contribution in [-0.4, -0.2) is 79.6 Å². The van der Waals surface area contributed by atoms with E-state index in [0.717, 1.165) is 6.54 Å². The molecule has 144 valence electrons. The van der Waals surface area contributed by atoms with E-state index in [-0.39, 0.29) is 127 Å². The zero-order valence-electron chi connectivity index (χ0n) is 17.3. The predicted octanol–water partition coefficient (Wildman–Crippen LogP) is -11.5. The fourth-order valence-corrected chi connectivity index (χ4v) is 2.81. The average molecular weight is 582 g/mol. The number of nitrogens with one attached hydrogen (secondary N) is 1. The van der Waals surface area contributed by atoms with Crippen LogP contribution in [0, 0.1) is 0 Å². The van der Waals surface area contributed by atoms with Gasteiger partial charge in [0.05, 0.1) is 6.54 Å². The Bertz CT molecular complexity index is 493. The Labute approximate surface area is 307 Å². The molecule has 0 fully saturated rings. The molecule has 0 amide bonds. The predicted molar refractivity (Wildman–Crippen MR) is 133 cm³/mol. The molecule has 1 N–H and O–H groups in total. The summed E-state index contributed by atoms with van der Waals surface area (Å²) in [5, 5.41) is 3.25. The Kier molecular flexibility index (Phi) is 43.6. The molecule has 0 unspecified atom stereocenters. The Morgan fingerprint density at radius 3 is 1.52 bits per heavy atom. The van der Waals surface area contributed by atoms with E-state index in [1.165, 1.54) is 0 Å². The quantitative estimate of drug-likeness (QED) is 0.0397. The van der Waals surface area contributed by atoms with Crippen molar-refractivity contribution in [3.63, 3.8) is 0 Å². The minimum Gasteiger partial charge on any atom is -0.789 e. The van der Waals surface area contributed by atoms with Crippen LogP contribution in [0.1, 0.15) is 0 Å². The van der Waals surface area contributed by atoms with Crippen LogP contribution in [0.15, 0.2) is 9.98 Å². The van der Waals surface area contributed by atoms with Crippen LogP contribution in [0.2, 0.25) is 0 Å². The molecule has 0 rings (SSSR count). The number of aliphatic imine (C=N–C) groups is 2. The molecule has 0 aliphatic carbocycles. The van der Waals surface area contributed by atoms with Crippen molar-refractivity contribution in [1.82, 2.24) is 15.1 Å². The Hall–Kier alpha value is 4.66. The van der Waals surface area contributed by atoms with Crippen LogP contribution in [0.3, 0.4) is 0 Å². The molecule has 0 saturated heterocycles. The van der Waals surface area contributed by atoms with Gasteiger partial charge < -0.3 is 75.6 Å². The number of thiol groups is 2. The molecule has 0 aliphatic heterocycles. The molecule has 0 heterocycles. The summed E-state index contributed by atoms with van der Waals surface area (Å²) in [4.78, 5) is 11.9. The number of nitrogens with zero attached hydrogens (tertiary/aromatic N) is 4. The topological polar surface area (TPSA) is 43.2 Å². The van der Waals surface area contributed by atoms with Crippen LogP contribution in [-0.2, 0) is 50.5 Å². The first-order chi connectivity index (χ1) is 11.7. The molecule has 0 aliphatic rings. The summed E-state index contributed by atoms with van der Waals surface area (Å²) in [5.41, 5.74) is 0. The second-order valence-corrected chi connectivity index (χ2v) is 8.87. The third kappa shape index (κ3) is 28.8. The molecule has 0 saturated carbocycles. The van der Waals surface area contributed by atoms with Crippen molar-refractivity contribution in [1.29, 1.82) is 0 Å². The maximum atomic E-state index is 5.18. The van der Waals surface area contributed by atoms with Gasteiger partial charge in [-0.3, -0.25) is 0 Å². The van der Waals surface area contributed by atoms with E-state index in [9.17, 15) is 0 Å². The summed E-state index contributed by atoms with van der Waals surface area (Å²) in [6.45, 7) is 5.16. The maximum absolute atomic E-state index is 5.18. The van der Waals surface area contributed by atoms with Crippen LogP contribution in [0.25, 0.3) is 0 Å². The number of hydrogen-bond acceptors (Lipinski definition) is 9. The fraction of sp³-hybridized carbons (Fsp3) is 0.667. The largest absolute Gasteiger partial charge is 1.00 e. The van der Waals surface area contributed by atoms with Gasteiger partial charge in [-0.1, -0.05) is 24.4 Å². The standard InChI is InChI=1S/C12H23N5S8.4Na/c18-9(19)14-2-1-13-3-5-16(11(22)23)7-8-17(12(24)25)6-4-15-10(20)21;;;;/h13H,1-8H2,(H,22,23)(H,24,25)(H2,14,18,19)(H2,15,20,21);;;;/q;4*+1/p-4. The van der Waals surface area contributed by atoms with Crippen LogP contribution < -0.4 is 124 Å². The summed E-state index contributed by atoms with van der Waals surface area (Å²) in [6.07, 6.45) is 0. The first-order valence-electron chi connectivity index (χ1n) is 7.17. The average Bonchev–Trinajstić information content (AvgIpc) is 2.50. The molecule has 5 nitrogen and oxygen atoms in total. The van der Waals surface area contributed by atoms with Crippen molar-refractivity contribution >= 4 is 118 Å². The smallest absolute Gasteiger partial charge is 0.789 e. The maximum Gasteiger partial charge on any atom is 1.00 e. The zero-order chi connectivity index (χ0) is 19.2. The van der Waals surface area contributed by atoms with Gasteiger partial charge in [0.1, 0.15) is 8.64 Å². The van der Waals surface area contributed by atoms with Crippen LogP contribution in [0.5, 0.6) is 0 Å². The van der Waals surface area contributed by atoms with Gasteiger partial charge in [-0.15, -0.1) is 25.3 Å². The van der Waals surface area contributed by atoms with Gasteiger partial charge >= 0.3 is 118 Å². The summed E-state index contributed by atoms with van der Waals surface area (Å²) >= 11 is 37.8. The van der Waals surface area contributed by atoms with E-state index < -0.39 is 0 Å². The molecular weight excluding hydrogens is 563 g/mol. The van der Waals surface area contributed by atoms with Crippen molar-refractivity contribution in [2.45, 2.75) is 0 Å². The molecule has 0 aromatic rings. The van der Waals surface area contributed by atoms with E-state index in [1.807, 2.05) is 9.80 Å². The second kappa shape index (κ2) is 28.9. The van der Waals surface area contributed by atoms with Gasteiger partial charge in [0.25, 0.3) is 0 Å². The second-order valence-electron chi connectivity index (χ2n) is 4.58. The minimum atomic E-state index is 0. The van der Waals surface area contributed by atoms with Gasteiger partial charge in [-0.25, -0.2) is 8.75 Å². The van der Waals surface area contributed by atoms with E-state index in [1.54, 1.807) is 0 Å². The summed E-state index contributed by atoms with van der Waals surface area (Å²) in [7, 11) is 0.